The Hall–Kier alpha value is -1.16. The molecule has 0 saturated heterocycles. The second kappa shape index (κ2) is 3.70. The molecule has 0 fully saturated rings. The van der Waals surface area contributed by atoms with E-state index >= 15 is 0 Å². The van der Waals surface area contributed by atoms with Crippen molar-refractivity contribution in [2.75, 3.05) is 7.11 Å². The Morgan fingerprint density at radius 1 is 1.46 bits per heavy atom. The van der Waals surface area contributed by atoms with E-state index in [0.717, 1.165) is 12.1 Å². The third kappa shape index (κ3) is 1.95. The molecule has 0 aromatic heterocycles. The van der Waals surface area contributed by atoms with Gasteiger partial charge in [0, 0.05) is 6.07 Å². The number of benzene rings is 1. The first-order valence-electron chi connectivity index (χ1n) is 3.29. The summed E-state index contributed by atoms with van der Waals surface area (Å²) in [6.45, 7) is 0. The fourth-order valence-electron chi connectivity index (χ4n) is 0.825. The number of carbonyl (C=O) groups is 1. The molecule has 5 heteroatoms. The number of methoxy groups -OCH3 is 1. The minimum absolute atomic E-state index is 0.0444. The van der Waals surface area contributed by atoms with Crippen molar-refractivity contribution in [2.24, 2.45) is 0 Å². The van der Waals surface area contributed by atoms with Gasteiger partial charge >= 0.3 is 0 Å². The Morgan fingerprint density at radius 2 is 2.08 bits per heavy atom. The third-order valence-electron chi connectivity index (χ3n) is 1.45. The van der Waals surface area contributed by atoms with E-state index in [2.05, 4.69) is 4.74 Å². The summed E-state index contributed by atoms with van der Waals surface area (Å²) in [5.41, 5.74) is -0.529. The quantitative estimate of drug-likeness (QED) is 0.695. The van der Waals surface area contributed by atoms with Crippen molar-refractivity contribution in [3.05, 3.63) is 29.3 Å². The van der Waals surface area contributed by atoms with Crippen LogP contribution in [0.4, 0.5) is 8.78 Å². The summed E-state index contributed by atoms with van der Waals surface area (Å²) in [6, 6.07) is 1.87. The summed E-state index contributed by atoms with van der Waals surface area (Å²) in [4.78, 5) is 10.6. The molecule has 1 aromatic rings. The lowest BCUT2D eigenvalue weighted by atomic mass is 10.2. The van der Waals surface area contributed by atoms with Crippen LogP contribution >= 0.6 is 11.6 Å². The second-order valence-corrected chi connectivity index (χ2v) is 2.59. The minimum atomic E-state index is -1.26. The number of ether oxygens (including phenoxy) is 1. The van der Waals surface area contributed by atoms with Crippen molar-refractivity contribution in [3.8, 4) is 5.75 Å². The van der Waals surface area contributed by atoms with Gasteiger partial charge in [0.15, 0.2) is 11.6 Å². The molecule has 0 aliphatic rings. The van der Waals surface area contributed by atoms with Gasteiger partial charge in [0.2, 0.25) is 0 Å². The molecular formula is C8H5ClF2O2. The van der Waals surface area contributed by atoms with Crippen LogP contribution < -0.4 is 4.74 Å². The molecule has 0 unspecified atom stereocenters. The maximum atomic E-state index is 12.8. The molecule has 0 N–H and O–H groups in total. The van der Waals surface area contributed by atoms with E-state index in [-0.39, 0.29) is 5.75 Å². The molecule has 0 saturated carbocycles. The van der Waals surface area contributed by atoms with E-state index in [1.807, 2.05) is 0 Å². The van der Waals surface area contributed by atoms with Crippen LogP contribution in [0.25, 0.3) is 0 Å². The largest absolute Gasteiger partial charge is 0.497 e. The summed E-state index contributed by atoms with van der Waals surface area (Å²) in [7, 11) is 1.27. The normalized spacial score (nSPS) is 9.85. The van der Waals surface area contributed by atoms with E-state index in [9.17, 15) is 13.6 Å². The zero-order valence-corrected chi connectivity index (χ0v) is 7.36. The summed E-state index contributed by atoms with van der Waals surface area (Å²) in [6.07, 6.45) is 0. The number of hydrogen-bond donors (Lipinski definition) is 0. The van der Waals surface area contributed by atoms with Crippen LogP contribution in [-0.4, -0.2) is 12.4 Å². The maximum absolute atomic E-state index is 12.8. The Labute approximate surface area is 78.1 Å². The highest BCUT2D eigenvalue weighted by Gasteiger charge is 2.15. The van der Waals surface area contributed by atoms with Crippen LogP contribution in [0, 0.1) is 11.6 Å². The average molecular weight is 207 g/mol. The summed E-state index contributed by atoms with van der Waals surface area (Å²) in [5, 5.41) is -1.06. The zero-order valence-electron chi connectivity index (χ0n) is 6.61. The van der Waals surface area contributed by atoms with Gasteiger partial charge in [-0.3, -0.25) is 4.79 Å². The molecule has 13 heavy (non-hydrogen) atoms. The van der Waals surface area contributed by atoms with Gasteiger partial charge in [0.05, 0.1) is 12.7 Å². The molecular weight excluding hydrogens is 202 g/mol. The Balaban J connectivity index is 3.33. The van der Waals surface area contributed by atoms with Gasteiger partial charge < -0.3 is 4.74 Å². The van der Waals surface area contributed by atoms with Crippen molar-refractivity contribution in [1.29, 1.82) is 0 Å². The topological polar surface area (TPSA) is 26.3 Å². The van der Waals surface area contributed by atoms with E-state index < -0.39 is 22.4 Å². The van der Waals surface area contributed by atoms with Gasteiger partial charge in [-0.05, 0) is 17.7 Å². The highest BCUT2D eigenvalue weighted by Crippen LogP contribution is 2.21. The first-order valence-corrected chi connectivity index (χ1v) is 3.67. The number of halogens is 3. The number of rotatable bonds is 2. The fourth-order valence-corrected chi connectivity index (χ4v) is 0.963. The molecule has 1 aromatic carbocycles. The highest BCUT2D eigenvalue weighted by atomic mass is 35.5. The second-order valence-electron chi connectivity index (χ2n) is 2.24. The van der Waals surface area contributed by atoms with Gasteiger partial charge in [-0.1, -0.05) is 0 Å². The lowest BCUT2D eigenvalue weighted by molar-refractivity contribution is 0.107. The number of carbonyl (C=O) groups excluding carboxylic acids is 1. The summed E-state index contributed by atoms with van der Waals surface area (Å²) >= 11 is 5.01. The smallest absolute Gasteiger partial charge is 0.255 e. The predicted molar refractivity (Wildman–Crippen MR) is 43.1 cm³/mol. The minimum Gasteiger partial charge on any atom is -0.497 e. The van der Waals surface area contributed by atoms with Gasteiger partial charge in [-0.25, -0.2) is 8.78 Å². The maximum Gasteiger partial charge on any atom is 0.255 e. The molecule has 0 radical (unpaired) electrons. The van der Waals surface area contributed by atoms with Gasteiger partial charge in [-0.15, -0.1) is 0 Å². The van der Waals surface area contributed by atoms with E-state index in [4.69, 9.17) is 11.6 Å². The van der Waals surface area contributed by atoms with Crippen LogP contribution in [-0.2, 0) is 0 Å². The molecule has 0 atom stereocenters. The van der Waals surface area contributed by atoms with Crippen molar-refractivity contribution < 1.29 is 18.3 Å². The molecule has 0 bridgehead atoms. The van der Waals surface area contributed by atoms with Gasteiger partial charge in [0.1, 0.15) is 5.75 Å². The van der Waals surface area contributed by atoms with Crippen LogP contribution in [0.5, 0.6) is 5.75 Å². The lowest BCUT2D eigenvalue weighted by Gasteiger charge is -2.03. The monoisotopic (exact) mass is 206 g/mol. The van der Waals surface area contributed by atoms with Crippen molar-refractivity contribution in [1.82, 2.24) is 0 Å². The standard InChI is InChI=1S/C8H5ClF2O2/c1-13-4-2-5(8(9)12)7(11)6(10)3-4/h2-3H,1H3. The Morgan fingerprint density at radius 3 is 2.54 bits per heavy atom. The van der Waals surface area contributed by atoms with Crippen LogP contribution in [0.1, 0.15) is 10.4 Å². The first-order chi connectivity index (χ1) is 6.06. The van der Waals surface area contributed by atoms with Crippen LogP contribution in [0.2, 0.25) is 0 Å². The molecule has 0 aliphatic carbocycles. The average Bonchev–Trinajstić information content (AvgIpc) is 2.09. The number of hydrogen-bond acceptors (Lipinski definition) is 2. The lowest BCUT2D eigenvalue weighted by Crippen LogP contribution is -1.99. The Kier molecular flexibility index (Phi) is 2.83. The van der Waals surface area contributed by atoms with Crippen LogP contribution in [0.15, 0.2) is 12.1 Å². The zero-order chi connectivity index (χ0) is 10.0. The predicted octanol–water partition coefficient (Wildman–Crippen LogP) is 2.35. The highest BCUT2D eigenvalue weighted by molar-refractivity contribution is 6.67. The molecule has 70 valence electrons. The first kappa shape index (κ1) is 9.92. The third-order valence-corrected chi connectivity index (χ3v) is 1.65. The molecule has 2 nitrogen and oxygen atoms in total. The molecule has 0 spiro atoms. The summed E-state index contributed by atoms with van der Waals surface area (Å²) in [5.74, 6) is -2.38. The van der Waals surface area contributed by atoms with Crippen molar-refractivity contribution >= 4 is 16.8 Å². The van der Waals surface area contributed by atoms with Crippen molar-refractivity contribution in [3.63, 3.8) is 0 Å². The SMILES string of the molecule is COc1cc(F)c(F)c(C(=O)Cl)c1. The van der Waals surface area contributed by atoms with Crippen molar-refractivity contribution in [2.45, 2.75) is 0 Å². The Bertz CT molecular complexity index is 352. The van der Waals surface area contributed by atoms with E-state index in [1.54, 1.807) is 0 Å². The van der Waals surface area contributed by atoms with Crippen LogP contribution in [0.3, 0.4) is 0 Å². The summed E-state index contributed by atoms with van der Waals surface area (Å²) < 4.78 is 30.2. The van der Waals surface area contributed by atoms with Gasteiger partial charge in [-0.2, -0.15) is 0 Å². The molecule has 0 heterocycles. The molecule has 0 aliphatic heterocycles. The molecule has 1 rings (SSSR count). The van der Waals surface area contributed by atoms with E-state index in [1.165, 1.54) is 7.11 Å². The van der Waals surface area contributed by atoms with Gasteiger partial charge in [0.25, 0.3) is 5.24 Å². The van der Waals surface area contributed by atoms with E-state index in [0.29, 0.717) is 0 Å². The fraction of sp³-hybridized carbons (Fsp3) is 0.125. The molecule has 0 amide bonds.